The van der Waals surface area contributed by atoms with Crippen LogP contribution in [0.3, 0.4) is 0 Å². The number of carbonyl (C=O) groups excluding carboxylic acids is 4. The number of benzene rings is 2. The zero-order valence-corrected chi connectivity index (χ0v) is 37.7. The van der Waals surface area contributed by atoms with Crippen LogP contribution in [-0.4, -0.2) is 107 Å². The monoisotopic (exact) mass is 903 g/mol. The molecule has 0 unspecified atom stereocenters. The van der Waals surface area contributed by atoms with Crippen molar-refractivity contribution in [1.29, 1.82) is 0 Å². The number of aryl methyl sites for hydroxylation is 2. The van der Waals surface area contributed by atoms with Gasteiger partial charge in [0.15, 0.2) is 0 Å². The number of nitrogens with zero attached hydrogens (tertiary/aromatic N) is 2. The SMILES string of the molecule is COC(=O)CCCCCCN1C(=O)C(F)(F)C[C@@H]1/C=C/[C@@H](O)CCCCc1ccccc1.COC(=O)CCCCCCN1C(=O)C(F)(F)C[C@@H]1/C=C/[C@H](O)CCCCc1ccccc1. The second-order valence-corrected chi connectivity index (χ2v) is 16.8. The Morgan fingerprint density at radius 1 is 0.594 bits per heavy atom. The Balaban J connectivity index is 0.000000340. The summed E-state index contributed by atoms with van der Waals surface area (Å²) >= 11 is 0. The van der Waals surface area contributed by atoms with Gasteiger partial charge in [0.25, 0.3) is 11.8 Å². The predicted molar refractivity (Wildman–Crippen MR) is 239 cm³/mol. The minimum Gasteiger partial charge on any atom is -0.469 e. The molecule has 0 saturated carbocycles. The summed E-state index contributed by atoms with van der Waals surface area (Å²) in [5.41, 5.74) is 2.51. The number of hydrogen-bond donors (Lipinski definition) is 2. The van der Waals surface area contributed by atoms with Crippen LogP contribution in [-0.2, 0) is 41.5 Å². The van der Waals surface area contributed by atoms with E-state index in [0.29, 0.717) is 51.4 Å². The number of hydrogen-bond acceptors (Lipinski definition) is 8. The second kappa shape index (κ2) is 29.1. The molecule has 0 aliphatic carbocycles. The molecule has 10 nitrogen and oxygen atoms in total. The number of ether oxygens (including phenoxy) is 2. The van der Waals surface area contributed by atoms with Gasteiger partial charge in [0.2, 0.25) is 0 Å². The first-order chi connectivity index (χ1) is 30.7. The van der Waals surface area contributed by atoms with Gasteiger partial charge >= 0.3 is 23.8 Å². The van der Waals surface area contributed by atoms with Crippen LogP contribution in [0, 0.1) is 0 Å². The molecule has 2 amide bonds. The van der Waals surface area contributed by atoms with Gasteiger partial charge in [0, 0.05) is 38.8 Å². The van der Waals surface area contributed by atoms with Crippen molar-refractivity contribution in [1.82, 2.24) is 9.80 Å². The molecule has 356 valence electrons. The second-order valence-electron chi connectivity index (χ2n) is 16.8. The van der Waals surface area contributed by atoms with E-state index in [2.05, 4.69) is 33.7 Å². The van der Waals surface area contributed by atoms with Crippen LogP contribution in [0.4, 0.5) is 17.6 Å². The van der Waals surface area contributed by atoms with Gasteiger partial charge in [-0.3, -0.25) is 19.2 Å². The number of carbonyl (C=O) groups is 4. The van der Waals surface area contributed by atoms with Crippen molar-refractivity contribution in [3.05, 3.63) is 96.1 Å². The largest absolute Gasteiger partial charge is 0.469 e. The van der Waals surface area contributed by atoms with Crippen molar-refractivity contribution >= 4 is 23.8 Å². The zero-order chi connectivity index (χ0) is 46.8. The van der Waals surface area contributed by atoms with E-state index >= 15 is 0 Å². The number of rotatable bonds is 28. The lowest BCUT2D eigenvalue weighted by molar-refractivity contribution is -0.148. The maximum atomic E-state index is 14.0. The van der Waals surface area contributed by atoms with Gasteiger partial charge in [-0.15, -0.1) is 0 Å². The first-order valence-corrected chi connectivity index (χ1v) is 23.0. The van der Waals surface area contributed by atoms with Crippen molar-refractivity contribution < 1.29 is 56.4 Å². The Labute approximate surface area is 377 Å². The topological polar surface area (TPSA) is 134 Å². The molecule has 4 rings (SSSR count). The zero-order valence-electron chi connectivity index (χ0n) is 37.7. The van der Waals surface area contributed by atoms with Gasteiger partial charge in [-0.2, -0.15) is 17.6 Å². The first-order valence-electron chi connectivity index (χ1n) is 23.0. The molecule has 14 heteroatoms. The molecule has 2 aromatic carbocycles. The molecular formula is C50H70F4N2O8. The number of aliphatic hydroxyl groups excluding tert-OH is 2. The van der Waals surface area contributed by atoms with Gasteiger partial charge < -0.3 is 29.5 Å². The first kappa shape index (κ1) is 53.8. The van der Waals surface area contributed by atoms with E-state index in [0.717, 1.165) is 64.2 Å². The maximum Gasteiger partial charge on any atom is 0.327 e. The molecule has 2 heterocycles. The lowest BCUT2D eigenvalue weighted by Crippen LogP contribution is -2.36. The standard InChI is InChI=1S/2C25H35F2NO4/c2*1-32-23(30)15-7-2-3-10-18-28-21(19-25(26,27)24(28)31)16-17-22(29)14-9-8-13-20-11-5-4-6-12-20/h2*4-6,11-12,16-17,21-22,29H,2-3,7-10,13-15,18-19H2,1H3/b2*17-16+/t21-,22+;21-,22-/m00/s1. The molecule has 0 bridgehead atoms. The van der Waals surface area contributed by atoms with E-state index in [1.165, 1.54) is 35.1 Å². The van der Waals surface area contributed by atoms with Crippen molar-refractivity contribution in [2.24, 2.45) is 0 Å². The van der Waals surface area contributed by atoms with Crippen LogP contribution in [0.2, 0.25) is 0 Å². The third-order valence-electron chi connectivity index (χ3n) is 11.6. The van der Waals surface area contributed by atoms with Crippen LogP contribution in [0.1, 0.15) is 127 Å². The molecule has 2 N–H and O–H groups in total. The quantitative estimate of drug-likeness (QED) is 0.0374. The number of aliphatic hydroxyl groups is 2. The minimum atomic E-state index is -3.36. The highest BCUT2D eigenvalue weighted by molar-refractivity contribution is 5.87. The Hall–Kier alpha value is -4.56. The summed E-state index contributed by atoms with van der Waals surface area (Å²) < 4.78 is 65.1. The number of likely N-dealkylation sites (tertiary alicyclic amines) is 2. The summed E-state index contributed by atoms with van der Waals surface area (Å²) in [4.78, 5) is 48.8. The Kier molecular flexibility index (Phi) is 24.4. The molecule has 2 fully saturated rings. The third-order valence-corrected chi connectivity index (χ3v) is 11.6. The van der Waals surface area contributed by atoms with Gasteiger partial charge in [0.1, 0.15) is 0 Å². The number of methoxy groups -OCH3 is 2. The van der Waals surface area contributed by atoms with Gasteiger partial charge in [-0.05, 0) is 75.3 Å². The number of unbranched alkanes of at least 4 members (excludes halogenated alkanes) is 8. The highest BCUT2D eigenvalue weighted by Crippen LogP contribution is 2.36. The van der Waals surface area contributed by atoms with E-state index < -0.39 is 60.8 Å². The summed E-state index contributed by atoms with van der Waals surface area (Å²) in [6, 6.07) is 18.8. The molecular weight excluding hydrogens is 833 g/mol. The Bertz CT molecular complexity index is 1600. The highest BCUT2D eigenvalue weighted by Gasteiger charge is 2.53. The average molecular weight is 903 g/mol. The van der Waals surface area contributed by atoms with Crippen LogP contribution in [0.15, 0.2) is 85.0 Å². The smallest absolute Gasteiger partial charge is 0.327 e. The number of halogens is 4. The number of amides is 2. The normalized spacial score (nSPS) is 18.9. The Morgan fingerprint density at radius 3 is 1.31 bits per heavy atom. The van der Waals surface area contributed by atoms with Gasteiger partial charge in [0.05, 0.1) is 38.5 Å². The molecule has 64 heavy (non-hydrogen) atoms. The summed E-state index contributed by atoms with van der Waals surface area (Å²) in [6.45, 7) is 0.490. The molecule has 4 atom stereocenters. The number of esters is 2. The summed E-state index contributed by atoms with van der Waals surface area (Å²) in [5.74, 6) is -9.52. The van der Waals surface area contributed by atoms with Crippen LogP contribution < -0.4 is 0 Å². The van der Waals surface area contributed by atoms with E-state index in [-0.39, 0.29) is 25.0 Å². The maximum absolute atomic E-state index is 14.0. The van der Waals surface area contributed by atoms with Gasteiger partial charge in [-0.1, -0.05) is 123 Å². The lowest BCUT2D eigenvalue weighted by atomic mass is 10.0. The molecule has 0 aromatic heterocycles. The lowest BCUT2D eigenvalue weighted by Gasteiger charge is -2.22. The van der Waals surface area contributed by atoms with Gasteiger partial charge in [-0.25, -0.2) is 0 Å². The van der Waals surface area contributed by atoms with E-state index in [9.17, 15) is 47.0 Å². The van der Waals surface area contributed by atoms with Crippen LogP contribution in [0.5, 0.6) is 0 Å². The van der Waals surface area contributed by atoms with Crippen LogP contribution >= 0.6 is 0 Å². The van der Waals surface area contributed by atoms with Crippen molar-refractivity contribution in [2.45, 2.75) is 165 Å². The summed E-state index contributed by atoms with van der Waals surface area (Å²) in [7, 11) is 2.69. The van der Waals surface area contributed by atoms with Crippen molar-refractivity contribution in [3.63, 3.8) is 0 Å². The fourth-order valence-corrected chi connectivity index (χ4v) is 7.89. The minimum absolute atomic E-state index is 0.245. The predicted octanol–water partition coefficient (Wildman–Crippen LogP) is 9.35. The molecule has 2 saturated heterocycles. The third kappa shape index (κ3) is 20.1. The summed E-state index contributed by atoms with van der Waals surface area (Å²) in [5, 5.41) is 20.4. The van der Waals surface area contributed by atoms with E-state index in [1.807, 2.05) is 36.4 Å². The fraction of sp³-hybridized carbons (Fsp3) is 0.600. The Morgan fingerprint density at radius 2 is 0.953 bits per heavy atom. The van der Waals surface area contributed by atoms with E-state index in [4.69, 9.17) is 0 Å². The molecule has 2 aliphatic heterocycles. The van der Waals surface area contributed by atoms with Crippen molar-refractivity contribution in [2.75, 3.05) is 27.3 Å². The number of alkyl halides is 4. The molecule has 2 aromatic rings. The fourth-order valence-electron chi connectivity index (χ4n) is 7.89. The van der Waals surface area contributed by atoms with E-state index in [1.54, 1.807) is 24.3 Å². The molecule has 0 spiro atoms. The van der Waals surface area contributed by atoms with Crippen molar-refractivity contribution in [3.8, 4) is 0 Å². The van der Waals surface area contributed by atoms with Crippen LogP contribution in [0.25, 0.3) is 0 Å². The average Bonchev–Trinajstić information content (AvgIpc) is 3.65. The molecule has 0 radical (unpaired) electrons. The molecule has 2 aliphatic rings. The summed E-state index contributed by atoms with van der Waals surface area (Å²) in [6.07, 6.45) is 16.5. The highest BCUT2D eigenvalue weighted by atomic mass is 19.3.